The predicted molar refractivity (Wildman–Crippen MR) is 58.2 cm³/mol. The van der Waals surface area contributed by atoms with Gasteiger partial charge in [-0.15, -0.1) is 0 Å². The third-order valence-electron chi connectivity index (χ3n) is 2.26. The molecular weight excluding hydrogens is 211 g/mol. The van der Waals surface area contributed by atoms with Crippen LogP contribution in [-0.4, -0.2) is 27.1 Å². The topological polar surface area (TPSA) is 96.5 Å². The summed E-state index contributed by atoms with van der Waals surface area (Å²) in [6.07, 6.45) is 2.92. The molecule has 0 saturated heterocycles. The maximum absolute atomic E-state index is 10.6. The first-order valence-corrected chi connectivity index (χ1v) is 4.48. The third kappa shape index (κ3) is 1.73. The van der Waals surface area contributed by atoms with E-state index >= 15 is 0 Å². The number of rotatable bonds is 2. The van der Waals surface area contributed by atoms with E-state index in [-0.39, 0.29) is 11.2 Å². The van der Waals surface area contributed by atoms with Crippen molar-refractivity contribution in [3.05, 3.63) is 40.7 Å². The second-order valence-electron chi connectivity index (χ2n) is 3.26. The molecule has 0 amide bonds. The molecule has 7 heteroatoms. The van der Waals surface area contributed by atoms with Crippen LogP contribution in [0.5, 0.6) is 0 Å². The molecule has 0 spiro atoms. The van der Waals surface area contributed by atoms with Crippen LogP contribution in [0.3, 0.4) is 0 Å². The van der Waals surface area contributed by atoms with Crippen molar-refractivity contribution in [2.24, 2.45) is 0 Å². The Bertz CT molecular complexity index is 558. The summed E-state index contributed by atoms with van der Waals surface area (Å²) in [7, 11) is -1.76. The second-order valence-corrected chi connectivity index (χ2v) is 3.26. The van der Waals surface area contributed by atoms with Crippen molar-refractivity contribution in [2.45, 2.75) is 0 Å². The van der Waals surface area contributed by atoms with Gasteiger partial charge in [-0.2, -0.15) is 0 Å². The molecule has 0 bridgehead atoms. The summed E-state index contributed by atoms with van der Waals surface area (Å²) < 4.78 is 0. The molecular formula is C9H7BN2O4. The molecule has 1 aromatic heterocycles. The zero-order valence-electron chi connectivity index (χ0n) is 8.07. The Balaban J connectivity index is 2.78. The number of fused-ring (bicyclic) bond motifs is 1. The maximum Gasteiger partial charge on any atom is 0.489 e. The summed E-state index contributed by atoms with van der Waals surface area (Å²) in [5, 5.41) is 29.9. The van der Waals surface area contributed by atoms with Crippen molar-refractivity contribution >= 4 is 29.0 Å². The predicted octanol–water partition coefficient (Wildman–Crippen LogP) is -0.177. The Kier molecular flexibility index (Phi) is 2.55. The van der Waals surface area contributed by atoms with Gasteiger partial charge in [-0.05, 0) is 16.9 Å². The quantitative estimate of drug-likeness (QED) is 0.414. The molecule has 1 heterocycles. The number of nitro groups is 1. The first kappa shape index (κ1) is 10.5. The molecule has 16 heavy (non-hydrogen) atoms. The standard InChI is InChI=1S/C9H7BN2O4/c13-10(14)9-4-7(12(15)16)3-6-1-2-11-5-8(6)9/h1-5,13-14H. The van der Waals surface area contributed by atoms with E-state index in [1.807, 2.05) is 0 Å². The second kappa shape index (κ2) is 3.88. The van der Waals surface area contributed by atoms with E-state index in [4.69, 9.17) is 10.0 Å². The average Bonchev–Trinajstić information content (AvgIpc) is 2.27. The van der Waals surface area contributed by atoms with Crippen molar-refractivity contribution < 1.29 is 15.0 Å². The lowest BCUT2D eigenvalue weighted by Crippen LogP contribution is -2.30. The van der Waals surface area contributed by atoms with E-state index in [2.05, 4.69) is 4.98 Å². The van der Waals surface area contributed by atoms with Gasteiger partial charge in [-0.3, -0.25) is 15.1 Å². The van der Waals surface area contributed by atoms with Gasteiger partial charge < -0.3 is 10.0 Å². The molecule has 0 radical (unpaired) electrons. The van der Waals surface area contributed by atoms with Crippen molar-refractivity contribution in [1.29, 1.82) is 0 Å². The molecule has 0 atom stereocenters. The van der Waals surface area contributed by atoms with Gasteiger partial charge in [0.05, 0.1) is 4.92 Å². The highest BCUT2D eigenvalue weighted by Crippen LogP contribution is 2.18. The van der Waals surface area contributed by atoms with Crippen LogP contribution < -0.4 is 5.46 Å². The highest BCUT2D eigenvalue weighted by molar-refractivity contribution is 6.62. The number of pyridine rings is 1. The minimum absolute atomic E-state index is 0.0808. The van der Waals surface area contributed by atoms with E-state index in [1.54, 1.807) is 6.07 Å². The zero-order valence-corrected chi connectivity index (χ0v) is 8.07. The summed E-state index contributed by atoms with van der Waals surface area (Å²) in [5.74, 6) is 0. The molecule has 2 rings (SSSR count). The van der Waals surface area contributed by atoms with Crippen LogP contribution in [0.25, 0.3) is 10.8 Å². The van der Waals surface area contributed by atoms with Crippen molar-refractivity contribution in [3.8, 4) is 0 Å². The first-order chi connectivity index (χ1) is 7.59. The molecule has 6 nitrogen and oxygen atoms in total. The SMILES string of the molecule is O=[N+]([O-])c1cc(B(O)O)c2cnccc2c1. The zero-order chi connectivity index (χ0) is 11.7. The average molecular weight is 218 g/mol. The minimum Gasteiger partial charge on any atom is -0.423 e. The minimum atomic E-state index is -1.76. The van der Waals surface area contributed by atoms with Crippen molar-refractivity contribution in [2.75, 3.05) is 0 Å². The van der Waals surface area contributed by atoms with E-state index in [0.29, 0.717) is 10.8 Å². The van der Waals surface area contributed by atoms with E-state index < -0.39 is 12.0 Å². The molecule has 80 valence electrons. The number of aromatic nitrogens is 1. The summed E-state index contributed by atoms with van der Waals surface area (Å²) in [6, 6.07) is 4.08. The first-order valence-electron chi connectivity index (χ1n) is 4.48. The van der Waals surface area contributed by atoms with E-state index in [9.17, 15) is 10.1 Å². The van der Waals surface area contributed by atoms with Gasteiger partial charge in [0.25, 0.3) is 5.69 Å². The largest absolute Gasteiger partial charge is 0.489 e. The number of hydrogen-bond donors (Lipinski definition) is 2. The Morgan fingerprint density at radius 3 is 2.75 bits per heavy atom. The Morgan fingerprint density at radius 1 is 1.38 bits per heavy atom. The number of non-ortho nitro benzene ring substituents is 1. The molecule has 0 aliphatic heterocycles. The molecule has 0 saturated carbocycles. The Hall–Kier alpha value is -1.99. The molecule has 0 aliphatic rings. The van der Waals surface area contributed by atoms with Gasteiger partial charge in [0.2, 0.25) is 0 Å². The molecule has 2 aromatic rings. The van der Waals surface area contributed by atoms with Crippen LogP contribution in [-0.2, 0) is 0 Å². The van der Waals surface area contributed by atoms with Crippen LogP contribution in [0.4, 0.5) is 5.69 Å². The fourth-order valence-electron chi connectivity index (χ4n) is 1.53. The van der Waals surface area contributed by atoms with Gasteiger partial charge in [0.15, 0.2) is 0 Å². The molecule has 2 N–H and O–H groups in total. The lowest BCUT2D eigenvalue weighted by molar-refractivity contribution is -0.384. The third-order valence-corrected chi connectivity index (χ3v) is 2.26. The highest BCUT2D eigenvalue weighted by Gasteiger charge is 2.19. The van der Waals surface area contributed by atoms with E-state index in [1.165, 1.54) is 18.5 Å². The van der Waals surface area contributed by atoms with Gasteiger partial charge >= 0.3 is 7.12 Å². The molecule has 0 aliphatic carbocycles. The van der Waals surface area contributed by atoms with Gasteiger partial charge in [-0.25, -0.2) is 0 Å². The summed E-state index contributed by atoms with van der Waals surface area (Å²) in [6.45, 7) is 0. The van der Waals surface area contributed by atoms with Crippen LogP contribution in [0.2, 0.25) is 0 Å². The smallest absolute Gasteiger partial charge is 0.423 e. The van der Waals surface area contributed by atoms with Crippen molar-refractivity contribution in [3.63, 3.8) is 0 Å². The van der Waals surface area contributed by atoms with E-state index in [0.717, 1.165) is 6.07 Å². The molecule has 1 aromatic carbocycles. The number of nitro benzene ring substituents is 1. The fraction of sp³-hybridized carbons (Fsp3) is 0. The fourth-order valence-corrected chi connectivity index (χ4v) is 1.53. The number of hydrogen-bond acceptors (Lipinski definition) is 5. The van der Waals surface area contributed by atoms with Gasteiger partial charge in [0.1, 0.15) is 0 Å². The summed E-state index contributed by atoms with van der Waals surface area (Å²) in [4.78, 5) is 13.9. The van der Waals surface area contributed by atoms with Crippen molar-refractivity contribution in [1.82, 2.24) is 4.98 Å². The van der Waals surface area contributed by atoms with Crippen LogP contribution in [0.15, 0.2) is 30.6 Å². The van der Waals surface area contributed by atoms with Crippen LogP contribution >= 0.6 is 0 Å². The monoisotopic (exact) mass is 218 g/mol. The number of benzene rings is 1. The number of nitrogens with zero attached hydrogens (tertiary/aromatic N) is 2. The Morgan fingerprint density at radius 2 is 2.12 bits per heavy atom. The van der Waals surface area contributed by atoms with Gasteiger partial charge in [-0.1, -0.05) is 0 Å². The van der Waals surface area contributed by atoms with Crippen LogP contribution in [0, 0.1) is 10.1 Å². The summed E-state index contributed by atoms with van der Waals surface area (Å²) in [5.41, 5.74) is -0.0981. The molecule has 0 unspecified atom stereocenters. The van der Waals surface area contributed by atoms with Crippen LogP contribution in [0.1, 0.15) is 0 Å². The lowest BCUT2D eigenvalue weighted by atomic mass is 9.77. The van der Waals surface area contributed by atoms with Gasteiger partial charge in [0, 0.05) is 29.9 Å². The Labute approximate surface area is 90.5 Å². The molecule has 0 fully saturated rings. The normalized spacial score (nSPS) is 10.4. The highest BCUT2D eigenvalue weighted by atomic mass is 16.6. The lowest BCUT2D eigenvalue weighted by Gasteiger charge is -2.04. The maximum atomic E-state index is 10.6. The summed E-state index contributed by atoms with van der Waals surface area (Å²) >= 11 is 0.